The Hall–Kier alpha value is -2.09. The Morgan fingerprint density at radius 1 is 1.00 bits per heavy atom. The molecule has 0 spiro atoms. The van der Waals surface area contributed by atoms with Crippen LogP contribution in [0.25, 0.3) is 0 Å². The Labute approximate surface area is 120 Å². The van der Waals surface area contributed by atoms with Crippen LogP contribution in [0.2, 0.25) is 0 Å². The van der Waals surface area contributed by atoms with Gasteiger partial charge in [0.15, 0.2) is 23.0 Å². The van der Waals surface area contributed by atoms with Crippen molar-refractivity contribution in [3.63, 3.8) is 0 Å². The molecule has 2 atom stereocenters. The molecular formula is C14H13F2N3O2. The molecule has 1 aromatic rings. The van der Waals surface area contributed by atoms with Gasteiger partial charge in [-0.15, -0.1) is 0 Å². The van der Waals surface area contributed by atoms with Gasteiger partial charge in [-0.1, -0.05) is 0 Å². The number of aromatic nitrogens is 1. The molecule has 1 aliphatic rings. The fourth-order valence-corrected chi connectivity index (χ4v) is 2.53. The molecule has 1 aromatic heterocycles. The molecule has 0 amide bonds. The largest absolute Gasteiger partial charge is 0.375 e. The van der Waals surface area contributed by atoms with Crippen LogP contribution < -0.4 is 0 Å². The molecule has 110 valence electrons. The molecule has 21 heavy (non-hydrogen) atoms. The first-order chi connectivity index (χ1) is 10.0. The van der Waals surface area contributed by atoms with E-state index in [1.54, 1.807) is 13.8 Å². The average Bonchev–Trinajstić information content (AvgIpc) is 2.62. The summed E-state index contributed by atoms with van der Waals surface area (Å²) in [6, 6.07) is 3.07. The zero-order chi connectivity index (χ0) is 15.6. The summed E-state index contributed by atoms with van der Waals surface area (Å²) in [7, 11) is 0. The van der Waals surface area contributed by atoms with Crippen LogP contribution in [0.1, 0.15) is 36.7 Å². The lowest BCUT2D eigenvalue weighted by atomic mass is 9.88. The number of hydrogen-bond donors (Lipinski definition) is 0. The minimum absolute atomic E-state index is 0.312. The monoisotopic (exact) mass is 293 g/mol. The zero-order valence-corrected chi connectivity index (χ0v) is 11.6. The van der Waals surface area contributed by atoms with Crippen LogP contribution in [-0.4, -0.2) is 30.4 Å². The third-order valence-corrected chi connectivity index (χ3v) is 3.51. The number of rotatable bonds is 1. The van der Waals surface area contributed by atoms with Crippen molar-refractivity contribution < 1.29 is 18.3 Å². The van der Waals surface area contributed by atoms with E-state index in [-0.39, 0.29) is 5.56 Å². The zero-order valence-electron chi connectivity index (χ0n) is 11.6. The van der Waals surface area contributed by atoms with Gasteiger partial charge in [-0.25, -0.2) is 13.8 Å². The predicted molar refractivity (Wildman–Crippen MR) is 67.2 cm³/mol. The number of nitrogens with zero attached hydrogens (tertiary/aromatic N) is 3. The van der Waals surface area contributed by atoms with Gasteiger partial charge in [0.1, 0.15) is 12.1 Å². The third kappa shape index (κ3) is 2.71. The molecule has 0 saturated carbocycles. The topological polar surface area (TPSA) is 78.9 Å². The summed E-state index contributed by atoms with van der Waals surface area (Å²) in [4.78, 5) is 3.38. The fourth-order valence-electron chi connectivity index (χ4n) is 2.53. The molecule has 0 bridgehead atoms. The third-order valence-electron chi connectivity index (χ3n) is 3.51. The maximum absolute atomic E-state index is 14.4. The maximum atomic E-state index is 14.4. The molecule has 7 heteroatoms. The number of hydrogen-bond acceptors (Lipinski definition) is 5. The van der Waals surface area contributed by atoms with Gasteiger partial charge in [0.25, 0.3) is 0 Å². The van der Waals surface area contributed by atoms with Gasteiger partial charge in [-0.3, -0.25) is 0 Å². The molecule has 1 aliphatic heterocycles. The quantitative estimate of drug-likeness (QED) is 0.791. The van der Waals surface area contributed by atoms with Crippen molar-refractivity contribution in [1.29, 1.82) is 10.5 Å². The Morgan fingerprint density at radius 3 is 1.81 bits per heavy atom. The maximum Gasteiger partial charge on any atom is 0.178 e. The minimum atomic E-state index is -1.06. The summed E-state index contributed by atoms with van der Waals surface area (Å²) in [5.41, 5.74) is -1.59. The highest BCUT2D eigenvalue weighted by atomic mass is 19.1. The summed E-state index contributed by atoms with van der Waals surface area (Å²) in [6.45, 7) is 3.97. The van der Waals surface area contributed by atoms with E-state index >= 15 is 0 Å². The van der Waals surface area contributed by atoms with Gasteiger partial charge in [0, 0.05) is 11.5 Å². The van der Waals surface area contributed by atoms with E-state index in [9.17, 15) is 8.78 Å². The second-order valence-electron chi connectivity index (χ2n) is 4.75. The highest BCUT2D eigenvalue weighted by Crippen LogP contribution is 2.34. The van der Waals surface area contributed by atoms with Crippen molar-refractivity contribution in [2.24, 2.45) is 0 Å². The van der Waals surface area contributed by atoms with Crippen molar-refractivity contribution in [1.82, 2.24) is 4.98 Å². The first kappa shape index (κ1) is 15.3. The molecule has 0 radical (unpaired) electrons. The Bertz CT molecular complexity index is 586. The molecule has 0 aromatic carbocycles. The summed E-state index contributed by atoms with van der Waals surface area (Å²) in [5.74, 6) is -2.90. The summed E-state index contributed by atoms with van der Waals surface area (Å²) < 4.78 is 39.6. The second kappa shape index (κ2) is 6.13. The van der Waals surface area contributed by atoms with E-state index in [4.69, 9.17) is 20.0 Å². The Morgan fingerprint density at radius 2 is 1.43 bits per heavy atom. The molecule has 2 heterocycles. The van der Waals surface area contributed by atoms with E-state index < -0.39 is 41.1 Å². The standard InChI is InChI=1S/C14H13F2N3O2/c1-7-11(8(2)21-4-3-20-7)12-13(15)9(5-17)19-10(6-18)14(12)16/h7-8,11H,3-4H2,1-2H3. The van der Waals surface area contributed by atoms with Crippen molar-refractivity contribution in [3.8, 4) is 12.1 Å². The highest BCUT2D eigenvalue weighted by Gasteiger charge is 2.36. The molecule has 0 aliphatic carbocycles. The number of nitriles is 2. The molecule has 1 saturated heterocycles. The lowest BCUT2D eigenvalue weighted by Gasteiger charge is -2.27. The molecular weight excluding hydrogens is 280 g/mol. The van der Waals surface area contributed by atoms with Crippen LogP contribution in [0.15, 0.2) is 0 Å². The van der Waals surface area contributed by atoms with E-state index in [1.807, 2.05) is 0 Å². The molecule has 2 unspecified atom stereocenters. The lowest BCUT2D eigenvalue weighted by molar-refractivity contribution is 0.0557. The van der Waals surface area contributed by atoms with E-state index in [0.29, 0.717) is 13.2 Å². The number of pyridine rings is 1. The summed E-state index contributed by atoms with van der Waals surface area (Å²) >= 11 is 0. The van der Waals surface area contributed by atoms with E-state index in [2.05, 4.69) is 4.98 Å². The number of halogens is 2. The average molecular weight is 293 g/mol. The molecule has 2 rings (SSSR count). The van der Waals surface area contributed by atoms with Crippen molar-refractivity contribution >= 4 is 0 Å². The van der Waals surface area contributed by atoms with Gasteiger partial charge in [0.2, 0.25) is 0 Å². The van der Waals surface area contributed by atoms with Gasteiger partial charge >= 0.3 is 0 Å². The molecule has 0 N–H and O–H groups in total. The Kier molecular flexibility index (Phi) is 4.46. The predicted octanol–water partition coefficient (Wildman–Crippen LogP) is 2.01. The fraction of sp³-hybridized carbons (Fsp3) is 0.500. The van der Waals surface area contributed by atoms with Crippen molar-refractivity contribution in [2.75, 3.05) is 13.2 Å². The van der Waals surface area contributed by atoms with Crippen molar-refractivity contribution in [2.45, 2.75) is 32.0 Å². The van der Waals surface area contributed by atoms with Gasteiger partial charge in [0.05, 0.1) is 25.4 Å². The van der Waals surface area contributed by atoms with Crippen LogP contribution in [0.5, 0.6) is 0 Å². The SMILES string of the molecule is CC1OCCOC(C)C1c1c(F)c(C#N)nc(C#N)c1F. The highest BCUT2D eigenvalue weighted by molar-refractivity contribution is 5.40. The van der Waals surface area contributed by atoms with Gasteiger partial charge < -0.3 is 9.47 Å². The molecule has 5 nitrogen and oxygen atoms in total. The van der Waals surface area contributed by atoms with Crippen molar-refractivity contribution in [3.05, 3.63) is 28.6 Å². The van der Waals surface area contributed by atoms with Crippen LogP contribution in [0, 0.1) is 34.3 Å². The van der Waals surface area contributed by atoms with Crippen LogP contribution in [0.3, 0.4) is 0 Å². The first-order valence-corrected chi connectivity index (χ1v) is 6.43. The minimum Gasteiger partial charge on any atom is -0.375 e. The summed E-state index contributed by atoms with van der Waals surface area (Å²) in [5, 5.41) is 17.8. The lowest BCUT2D eigenvalue weighted by Crippen LogP contribution is -2.29. The van der Waals surface area contributed by atoms with Gasteiger partial charge in [-0.2, -0.15) is 10.5 Å². The summed E-state index contributed by atoms with van der Waals surface area (Å²) in [6.07, 6.45) is -1.04. The first-order valence-electron chi connectivity index (χ1n) is 6.43. The number of ether oxygens (including phenoxy) is 2. The van der Waals surface area contributed by atoms with Gasteiger partial charge in [-0.05, 0) is 13.8 Å². The van der Waals surface area contributed by atoms with Crippen LogP contribution in [0.4, 0.5) is 8.78 Å². The normalized spacial score (nSPS) is 25.7. The van der Waals surface area contributed by atoms with E-state index in [1.165, 1.54) is 12.1 Å². The smallest absolute Gasteiger partial charge is 0.178 e. The Balaban J connectivity index is 2.66. The second-order valence-corrected chi connectivity index (χ2v) is 4.75. The van der Waals surface area contributed by atoms with Crippen LogP contribution in [-0.2, 0) is 9.47 Å². The van der Waals surface area contributed by atoms with E-state index in [0.717, 1.165) is 0 Å². The molecule has 1 fully saturated rings. The van der Waals surface area contributed by atoms with Crippen LogP contribution >= 0.6 is 0 Å².